The van der Waals surface area contributed by atoms with Crippen molar-refractivity contribution < 1.29 is 13.2 Å². The number of benzene rings is 1. The molecule has 3 aromatic rings. The van der Waals surface area contributed by atoms with Crippen LogP contribution >= 0.6 is 11.3 Å². The van der Waals surface area contributed by atoms with Crippen LogP contribution in [0.25, 0.3) is 10.9 Å². The van der Waals surface area contributed by atoms with Crippen molar-refractivity contribution in [3.63, 3.8) is 0 Å². The first-order chi connectivity index (χ1) is 13.4. The van der Waals surface area contributed by atoms with Gasteiger partial charge in [0, 0.05) is 36.6 Å². The van der Waals surface area contributed by atoms with Crippen LogP contribution in [0.4, 0.5) is 0 Å². The number of thiophene rings is 1. The summed E-state index contributed by atoms with van der Waals surface area (Å²) in [5, 5.41) is 5.23. The van der Waals surface area contributed by atoms with Gasteiger partial charge in [-0.25, -0.2) is 13.1 Å². The molecule has 0 saturated carbocycles. The molecule has 0 atom stereocenters. The Hall–Kier alpha value is -2.16. The summed E-state index contributed by atoms with van der Waals surface area (Å²) in [6.07, 6.45) is 2.86. The third-order valence-corrected chi connectivity index (χ3v) is 7.91. The molecule has 0 fully saturated rings. The Morgan fingerprint density at radius 1 is 1.32 bits per heavy atom. The third-order valence-electron chi connectivity index (χ3n) is 5.39. The molecule has 0 aliphatic carbocycles. The summed E-state index contributed by atoms with van der Waals surface area (Å²) in [7, 11) is -2.11. The summed E-state index contributed by atoms with van der Waals surface area (Å²) in [4.78, 5) is 12.2. The standard InChI is InChI=1S/C20H23N3O3S2/c1-13-16(17-7-3-5-14-6-4-10-23(13)19(14)17)8-9-22-28(25,26)15-11-18(27-12-15)20(24)21-2/h3,5,7,11-12,22H,4,6,8-10H2,1-2H3,(H,21,24). The minimum Gasteiger partial charge on any atom is -0.354 e. The number of hydrogen-bond acceptors (Lipinski definition) is 4. The Labute approximate surface area is 168 Å². The van der Waals surface area contributed by atoms with Crippen molar-refractivity contribution >= 4 is 38.2 Å². The highest BCUT2D eigenvalue weighted by Crippen LogP contribution is 2.32. The van der Waals surface area contributed by atoms with Gasteiger partial charge in [-0.2, -0.15) is 0 Å². The first-order valence-electron chi connectivity index (χ1n) is 9.32. The second-order valence-electron chi connectivity index (χ2n) is 7.01. The van der Waals surface area contributed by atoms with Gasteiger partial charge in [-0.05, 0) is 43.4 Å². The van der Waals surface area contributed by atoms with Crippen LogP contribution in [-0.4, -0.2) is 32.5 Å². The van der Waals surface area contributed by atoms with Gasteiger partial charge in [0.15, 0.2) is 0 Å². The minimum atomic E-state index is -3.64. The molecule has 0 radical (unpaired) electrons. The fraction of sp³-hybridized carbons (Fsp3) is 0.350. The van der Waals surface area contributed by atoms with E-state index in [9.17, 15) is 13.2 Å². The van der Waals surface area contributed by atoms with E-state index in [4.69, 9.17) is 0 Å². The topological polar surface area (TPSA) is 80.2 Å². The van der Waals surface area contributed by atoms with E-state index >= 15 is 0 Å². The van der Waals surface area contributed by atoms with Crippen LogP contribution in [0.15, 0.2) is 34.5 Å². The Kier molecular flexibility index (Phi) is 5.03. The van der Waals surface area contributed by atoms with E-state index in [0.717, 1.165) is 30.7 Å². The lowest BCUT2D eigenvalue weighted by atomic mass is 10.0. The molecule has 148 valence electrons. The number of para-hydroxylation sites is 1. The number of carbonyl (C=O) groups excluding carboxylic acids is 1. The van der Waals surface area contributed by atoms with Gasteiger partial charge in [-0.15, -0.1) is 11.3 Å². The molecule has 1 amide bonds. The number of nitrogens with zero attached hydrogens (tertiary/aromatic N) is 1. The van der Waals surface area contributed by atoms with Crippen molar-refractivity contribution in [2.45, 2.75) is 37.6 Å². The van der Waals surface area contributed by atoms with Gasteiger partial charge in [-0.1, -0.05) is 18.2 Å². The zero-order chi connectivity index (χ0) is 19.9. The molecule has 0 saturated heterocycles. The second-order valence-corrected chi connectivity index (χ2v) is 9.68. The molecule has 1 aliphatic rings. The molecule has 8 heteroatoms. The van der Waals surface area contributed by atoms with E-state index in [1.807, 2.05) is 0 Å². The minimum absolute atomic E-state index is 0.135. The summed E-state index contributed by atoms with van der Waals surface area (Å²) >= 11 is 1.12. The molecule has 0 spiro atoms. The smallest absolute Gasteiger partial charge is 0.261 e. The van der Waals surface area contributed by atoms with E-state index in [-0.39, 0.29) is 10.8 Å². The van der Waals surface area contributed by atoms with Gasteiger partial charge in [0.1, 0.15) is 0 Å². The summed E-state index contributed by atoms with van der Waals surface area (Å²) < 4.78 is 30.2. The Bertz CT molecular complexity index is 1160. The number of aromatic nitrogens is 1. The number of aryl methyl sites for hydroxylation is 2. The molecule has 1 aliphatic heterocycles. The van der Waals surface area contributed by atoms with Crippen molar-refractivity contribution in [2.24, 2.45) is 0 Å². The maximum absolute atomic E-state index is 12.6. The van der Waals surface area contributed by atoms with Gasteiger partial charge < -0.3 is 9.88 Å². The van der Waals surface area contributed by atoms with Crippen molar-refractivity contribution in [3.8, 4) is 0 Å². The molecule has 2 aromatic heterocycles. The fourth-order valence-electron chi connectivity index (χ4n) is 4.00. The zero-order valence-electron chi connectivity index (χ0n) is 15.9. The van der Waals surface area contributed by atoms with E-state index in [1.165, 1.54) is 46.2 Å². The van der Waals surface area contributed by atoms with Crippen LogP contribution in [0.2, 0.25) is 0 Å². The Morgan fingerprint density at radius 2 is 2.14 bits per heavy atom. The first-order valence-corrected chi connectivity index (χ1v) is 11.7. The van der Waals surface area contributed by atoms with E-state index in [1.54, 1.807) is 0 Å². The lowest BCUT2D eigenvalue weighted by Gasteiger charge is -2.16. The van der Waals surface area contributed by atoms with Gasteiger partial charge in [0.25, 0.3) is 5.91 Å². The average molecular weight is 418 g/mol. The van der Waals surface area contributed by atoms with Crippen LogP contribution in [-0.2, 0) is 29.4 Å². The molecule has 0 bridgehead atoms. The van der Waals surface area contributed by atoms with Crippen molar-refractivity contribution in [1.29, 1.82) is 0 Å². The quantitative estimate of drug-likeness (QED) is 0.647. The Morgan fingerprint density at radius 3 is 2.93 bits per heavy atom. The van der Waals surface area contributed by atoms with E-state index in [2.05, 4.69) is 39.7 Å². The maximum atomic E-state index is 12.6. The van der Waals surface area contributed by atoms with Gasteiger partial charge in [-0.3, -0.25) is 4.79 Å². The third kappa shape index (κ3) is 3.25. The first kappa shape index (κ1) is 19.2. The number of rotatable bonds is 6. The SMILES string of the molecule is CNC(=O)c1cc(S(=O)(=O)NCCc2c(C)n3c4c(cccc24)CCC3)cs1. The van der Waals surface area contributed by atoms with Crippen LogP contribution < -0.4 is 10.0 Å². The largest absolute Gasteiger partial charge is 0.354 e. The van der Waals surface area contributed by atoms with Crippen molar-refractivity contribution in [1.82, 2.24) is 14.6 Å². The fourth-order valence-corrected chi connectivity index (χ4v) is 6.25. The van der Waals surface area contributed by atoms with Crippen LogP contribution in [0.5, 0.6) is 0 Å². The lowest BCUT2D eigenvalue weighted by Crippen LogP contribution is -2.26. The van der Waals surface area contributed by atoms with Gasteiger partial charge >= 0.3 is 0 Å². The molecular weight excluding hydrogens is 394 g/mol. The molecule has 2 N–H and O–H groups in total. The van der Waals surface area contributed by atoms with Gasteiger partial charge in [0.05, 0.1) is 15.3 Å². The Balaban J connectivity index is 1.53. The molecular formula is C20H23N3O3S2. The predicted molar refractivity (Wildman–Crippen MR) is 112 cm³/mol. The summed E-state index contributed by atoms with van der Waals surface area (Å²) in [5.74, 6) is -0.281. The maximum Gasteiger partial charge on any atom is 0.261 e. The molecule has 0 unspecified atom stereocenters. The van der Waals surface area contributed by atoms with Crippen LogP contribution in [0, 0.1) is 6.92 Å². The number of carbonyl (C=O) groups is 1. The average Bonchev–Trinajstić information content (AvgIpc) is 3.29. The lowest BCUT2D eigenvalue weighted by molar-refractivity contribution is 0.0967. The van der Waals surface area contributed by atoms with Gasteiger partial charge in [0.2, 0.25) is 10.0 Å². The van der Waals surface area contributed by atoms with Crippen LogP contribution in [0.1, 0.15) is 32.9 Å². The van der Waals surface area contributed by atoms with E-state index in [0.29, 0.717) is 17.8 Å². The van der Waals surface area contributed by atoms with E-state index < -0.39 is 10.0 Å². The molecule has 3 heterocycles. The van der Waals surface area contributed by atoms with Crippen LogP contribution in [0.3, 0.4) is 0 Å². The number of sulfonamides is 1. The number of hydrogen-bond donors (Lipinski definition) is 2. The predicted octanol–water partition coefficient (Wildman–Crippen LogP) is 2.84. The molecule has 1 aromatic carbocycles. The zero-order valence-corrected chi connectivity index (χ0v) is 17.5. The number of nitrogens with one attached hydrogen (secondary N) is 2. The molecule has 28 heavy (non-hydrogen) atoms. The highest BCUT2D eigenvalue weighted by Gasteiger charge is 2.21. The second kappa shape index (κ2) is 7.35. The highest BCUT2D eigenvalue weighted by atomic mass is 32.2. The normalized spacial score (nSPS) is 13.8. The number of amides is 1. The summed E-state index contributed by atoms with van der Waals surface area (Å²) in [5.41, 5.74) is 5.10. The summed E-state index contributed by atoms with van der Waals surface area (Å²) in [6, 6.07) is 7.82. The monoisotopic (exact) mass is 417 g/mol. The van der Waals surface area contributed by atoms with Crippen molar-refractivity contribution in [2.75, 3.05) is 13.6 Å². The highest BCUT2D eigenvalue weighted by molar-refractivity contribution is 7.89. The molecule has 4 rings (SSSR count). The molecule has 6 nitrogen and oxygen atoms in total. The summed E-state index contributed by atoms with van der Waals surface area (Å²) in [6.45, 7) is 3.45. The van der Waals surface area contributed by atoms with Crippen molar-refractivity contribution in [3.05, 3.63) is 51.3 Å².